The number of imide groups is 1. The van der Waals surface area contributed by atoms with Crippen LogP contribution in [0.15, 0.2) is 5.16 Å². The van der Waals surface area contributed by atoms with Gasteiger partial charge in [-0.25, -0.2) is 9.78 Å². The zero-order valence-corrected chi connectivity index (χ0v) is 13.7. The zero-order valence-electron chi connectivity index (χ0n) is 12.9. The highest BCUT2D eigenvalue weighted by atomic mass is 32.2. The van der Waals surface area contributed by atoms with Crippen LogP contribution in [0.25, 0.3) is 0 Å². The van der Waals surface area contributed by atoms with Gasteiger partial charge in [0.25, 0.3) is 0 Å². The molecule has 0 radical (unpaired) electrons. The van der Waals surface area contributed by atoms with Crippen LogP contribution in [0.3, 0.4) is 0 Å². The fourth-order valence-electron chi connectivity index (χ4n) is 2.45. The highest BCUT2D eigenvalue weighted by molar-refractivity contribution is 7.99. The lowest BCUT2D eigenvalue weighted by Gasteiger charge is -2.22. The van der Waals surface area contributed by atoms with E-state index >= 15 is 0 Å². The molecule has 1 aromatic heterocycles. The number of urea groups is 1. The minimum Gasteiger partial charge on any atom is -0.335 e. The van der Waals surface area contributed by atoms with Gasteiger partial charge in [0.1, 0.15) is 5.82 Å². The van der Waals surface area contributed by atoms with E-state index in [-0.39, 0.29) is 17.7 Å². The number of hydrogen-bond acceptors (Lipinski definition) is 5. The Bertz CT molecular complexity index is 499. The number of carbonyl (C=O) groups is 2. The third-order valence-corrected chi connectivity index (χ3v) is 4.37. The molecule has 8 heteroatoms. The normalized spacial score (nSPS) is 15.5. The monoisotopic (exact) mass is 325 g/mol. The highest BCUT2D eigenvalue weighted by Crippen LogP contribution is 2.17. The van der Waals surface area contributed by atoms with E-state index in [1.165, 1.54) is 18.2 Å². The summed E-state index contributed by atoms with van der Waals surface area (Å²) in [5.74, 6) is 0.613. The Morgan fingerprint density at radius 3 is 2.82 bits per heavy atom. The van der Waals surface area contributed by atoms with Gasteiger partial charge >= 0.3 is 6.03 Å². The molecule has 0 spiro atoms. The molecular formula is C14H23N5O2S. The van der Waals surface area contributed by atoms with E-state index < -0.39 is 6.03 Å². The molecule has 1 heterocycles. The van der Waals surface area contributed by atoms with Crippen molar-refractivity contribution >= 4 is 23.7 Å². The minimum atomic E-state index is -0.404. The van der Waals surface area contributed by atoms with Crippen molar-refractivity contribution in [2.75, 3.05) is 5.75 Å². The molecule has 1 saturated carbocycles. The molecule has 2 rings (SSSR count). The minimum absolute atomic E-state index is 0.126. The van der Waals surface area contributed by atoms with Gasteiger partial charge in [0, 0.05) is 12.5 Å². The number of rotatable bonds is 6. The fourth-order valence-corrected chi connectivity index (χ4v) is 3.07. The van der Waals surface area contributed by atoms with E-state index in [1.807, 2.05) is 0 Å². The predicted molar refractivity (Wildman–Crippen MR) is 84.6 cm³/mol. The maximum atomic E-state index is 11.7. The van der Waals surface area contributed by atoms with Gasteiger partial charge in [-0.3, -0.25) is 15.2 Å². The van der Waals surface area contributed by atoms with E-state index in [4.69, 9.17) is 0 Å². The van der Waals surface area contributed by atoms with Crippen LogP contribution in [0, 0.1) is 0 Å². The van der Waals surface area contributed by atoms with E-state index in [2.05, 4.69) is 32.7 Å². The van der Waals surface area contributed by atoms with Crippen LogP contribution in [0.5, 0.6) is 0 Å². The van der Waals surface area contributed by atoms with Gasteiger partial charge in [0.15, 0.2) is 0 Å². The molecule has 0 aliphatic heterocycles. The number of H-pyrrole nitrogens is 1. The van der Waals surface area contributed by atoms with Crippen molar-refractivity contribution < 1.29 is 9.59 Å². The fraction of sp³-hybridized carbons (Fsp3) is 0.714. The number of nitrogens with one attached hydrogen (secondary N) is 3. The summed E-state index contributed by atoms with van der Waals surface area (Å²) in [6.07, 6.45) is 7.32. The van der Waals surface area contributed by atoms with Gasteiger partial charge in [0.05, 0.1) is 5.75 Å². The van der Waals surface area contributed by atoms with E-state index in [9.17, 15) is 9.59 Å². The molecule has 0 aromatic carbocycles. The molecule has 1 aliphatic carbocycles. The molecular weight excluding hydrogens is 302 g/mol. The lowest BCUT2D eigenvalue weighted by atomic mass is 9.96. The van der Waals surface area contributed by atoms with Crippen molar-refractivity contribution in [2.45, 2.75) is 63.1 Å². The molecule has 0 unspecified atom stereocenters. The van der Waals surface area contributed by atoms with E-state index in [0.717, 1.165) is 44.3 Å². The number of aryl methyl sites for hydroxylation is 1. The third-order valence-electron chi connectivity index (χ3n) is 3.52. The lowest BCUT2D eigenvalue weighted by Crippen LogP contribution is -2.45. The Kier molecular flexibility index (Phi) is 6.70. The summed E-state index contributed by atoms with van der Waals surface area (Å²) in [6, 6.07) is -0.210. The number of aromatic amines is 1. The van der Waals surface area contributed by atoms with E-state index in [0.29, 0.717) is 5.16 Å². The summed E-state index contributed by atoms with van der Waals surface area (Å²) in [5.41, 5.74) is 0. The number of hydrogen-bond donors (Lipinski definition) is 3. The maximum absolute atomic E-state index is 11.7. The quantitative estimate of drug-likeness (QED) is 0.695. The summed E-state index contributed by atoms with van der Waals surface area (Å²) in [5, 5.41) is 12.6. The maximum Gasteiger partial charge on any atom is 0.321 e. The Hall–Kier alpha value is -1.57. The average molecular weight is 325 g/mol. The summed E-state index contributed by atoms with van der Waals surface area (Å²) in [7, 11) is 0. The number of aromatic nitrogens is 3. The first-order valence-electron chi connectivity index (χ1n) is 7.81. The summed E-state index contributed by atoms with van der Waals surface area (Å²) >= 11 is 1.22. The van der Waals surface area contributed by atoms with Gasteiger partial charge in [-0.05, 0) is 19.3 Å². The van der Waals surface area contributed by atoms with Crippen LogP contribution in [-0.2, 0) is 11.2 Å². The van der Waals surface area contributed by atoms with Crippen LogP contribution in [0.2, 0.25) is 0 Å². The number of carbonyl (C=O) groups excluding carboxylic acids is 2. The number of amides is 3. The first-order chi connectivity index (χ1) is 10.7. The zero-order chi connectivity index (χ0) is 15.8. The van der Waals surface area contributed by atoms with Crippen molar-refractivity contribution in [2.24, 2.45) is 0 Å². The van der Waals surface area contributed by atoms with Crippen LogP contribution >= 0.6 is 11.8 Å². The Balaban J connectivity index is 1.66. The second kappa shape index (κ2) is 8.77. The Morgan fingerprint density at radius 2 is 2.09 bits per heavy atom. The topological polar surface area (TPSA) is 99.8 Å². The highest BCUT2D eigenvalue weighted by Gasteiger charge is 2.17. The molecule has 1 aliphatic rings. The van der Waals surface area contributed by atoms with Crippen LogP contribution in [-0.4, -0.2) is 38.9 Å². The molecule has 0 saturated heterocycles. The first-order valence-corrected chi connectivity index (χ1v) is 8.80. The Labute approximate surface area is 134 Å². The van der Waals surface area contributed by atoms with Gasteiger partial charge in [-0.2, -0.15) is 0 Å². The Morgan fingerprint density at radius 1 is 1.32 bits per heavy atom. The van der Waals surface area contributed by atoms with Crippen molar-refractivity contribution in [1.82, 2.24) is 25.8 Å². The molecule has 3 N–H and O–H groups in total. The lowest BCUT2D eigenvalue weighted by molar-refractivity contribution is -0.117. The van der Waals surface area contributed by atoms with Gasteiger partial charge in [-0.15, -0.1) is 5.10 Å². The largest absolute Gasteiger partial charge is 0.335 e. The first kappa shape index (κ1) is 16.8. The SMILES string of the molecule is CCCc1nc(SCC(=O)NC(=O)NC2CCCCC2)n[nH]1. The molecule has 7 nitrogen and oxygen atoms in total. The van der Waals surface area contributed by atoms with Crippen molar-refractivity contribution in [1.29, 1.82) is 0 Å². The molecule has 0 bridgehead atoms. The smallest absolute Gasteiger partial charge is 0.321 e. The van der Waals surface area contributed by atoms with Crippen LogP contribution in [0.4, 0.5) is 4.79 Å². The standard InChI is InChI=1S/C14H23N5O2S/c1-2-6-11-16-14(19-18-11)22-9-12(20)17-13(21)15-10-7-4-3-5-8-10/h10H,2-9H2,1H3,(H,16,18,19)(H2,15,17,20,21). The summed E-state index contributed by atoms with van der Waals surface area (Å²) < 4.78 is 0. The van der Waals surface area contributed by atoms with Gasteiger partial charge < -0.3 is 5.32 Å². The average Bonchev–Trinajstić information content (AvgIpc) is 2.94. The molecule has 1 aromatic rings. The van der Waals surface area contributed by atoms with Crippen LogP contribution < -0.4 is 10.6 Å². The number of nitrogens with zero attached hydrogens (tertiary/aromatic N) is 2. The molecule has 0 atom stereocenters. The summed E-state index contributed by atoms with van der Waals surface area (Å²) in [6.45, 7) is 2.06. The van der Waals surface area contributed by atoms with Gasteiger partial charge in [-0.1, -0.05) is 37.9 Å². The molecule has 22 heavy (non-hydrogen) atoms. The third kappa shape index (κ3) is 5.67. The van der Waals surface area contributed by atoms with E-state index in [1.54, 1.807) is 0 Å². The van der Waals surface area contributed by atoms with Crippen molar-refractivity contribution in [3.63, 3.8) is 0 Å². The second-order valence-corrected chi connectivity index (χ2v) is 6.40. The van der Waals surface area contributed by atoms with Crippen LogP contribution in [0.1, 0.15) is 51.3 Å². The molecule has 1 fully saturated rings. The number of thioether (sulfide) groups is 1. The molecule has 3 amide bonds. The summed E-state index contributed by atoms with van der Waals surface area (Å²) in [4.78, 5) is 27.7. The van der Waals surface area contributed by atoms with Crippen molar-refractivity contribution in [3.8, 4) is 0 Å². The predicted octanol–water partition coefficient (Wildman–Crippen LogP) is 2.01. The van der Waals surface area contributed by atoms with Gasteiger partial charge in [0.2, 0.25) is 11.1 Å². The van der Waals surface area contributed by atoms with Crippen molar-refractivity contribution in [3.05, 3.63) is 5.82 Å². The molecule has 122 valence electrons. The second-order valence-electron chi connectivity index (χ2n) is 5.46.